The first-order valence-corrected chi connectivity index (χ1v) is 5.85. The van der Waals surface area contributed by atoms with E-state index in [4.69, 9.17) is 0 Å². The molecule has 0 aliphatic carbocycles. The van der Waals surface area contributed by atoms with E-state index >= 15 is 0 Å². The highest BCUT2D eigenvalue weighted by Gasteiger charge is 2.18. The Kier molecular flexibility index (Phi) is 3.79. The summed E-state index contributed by atoms with van der Waals surface area (Å²) < 4.78 is 3.74. The van der Waals surface area contributed by atoms with Crippen molar-refractivity contribution in [2.45, 2.75) is 6.29 Å². The van der Waals surface area contributed by atoms with E-state index in [0.717, 1.165) is 5.62 Å². The van der Waals surface area contributed by atoms with Gasteiger partial charge in [0.25, 0.3) is 0 Å². The molecule has 0 amide bonds. The number of aryl methyl sites for hydroxylation is 2. The molecular formula is C11H18N8. The second-order valence-electron chi connectivity index (χ2n) is 4.36. The van der Waals surface area contributed by atoms with Crippen molar-refractivity contribution in [3.8, 4) is 0 Å². The van der Waals surface area contributed by atoms with Gasteiger partial charge < -0.3 is 18.9 Å². The fourth-order valence-corrected chi connectivity index (χ4v) is 1.73. The molecule has 0 N–H and O–H groups in total. The average molecular weight is 262 g/mol. The second-order valence-corrected chi connectivity index (χ2v) is 4.36. The molecule has 0 saturated heterocycles. The molecule has 0 fully saturated rings. The smallest absolute Gasteiger partial charge is 0.229 e. The van der Waals surface area contributed by atoms with Crippen LogP contribution in [0.3, 0.4) is 0 Å². The lowest BCUT2D eigenvalue weighted by atomic mass is 10.7. The predicted octanol–water partition coefficient (Wildman–Crippen LogP) is 0.292. The Balaban J connectivity index is 2.00. The van der Waals surface area contributed by atoms with E-state index in [2.05, 4.69) is 20.4 Å². The van der Waals surface area contributed by atoms with Gasteiger partial charge in [0, 0.05) is 53.0 Å². The Morgan fingerprint density at radius 1 is 1.00 bits per heavy atom. The zero-order chi connectivity index (χ0) is 13.8. The molecule has 0 bridgehead atoms. The maximum atomic E-state index is 4.14. The molecular weight excluding hydrogens is 244 g/mol. The Morgan fingerprint density at radius 3 is 2.16 bits per heavy atom. The van der Waals surface area contributed by atoms with E-state index in [-0.39, 0.29) is 6.29 Å². The van der Waals surface area contributed by atoms with Crippen LogP contribution >= 0.6 is 0 Å². The molecule has 0 aromatic carbocycles. The van der Waals surface area contributed by atoms with Crippen LogP contribution < -0.4 is 5.62 Å². The lowest BCUT2D eigenvalue weighted by Gasteiger charge is -2.21. The van der Waals surface area contributed by atoms with Crippen LogP contribution in [0.2, 0.25) is 0 Å². The summed E-state index contributed by atoms with van der Waals surface area (Å²) in [6.45, 7) is 0. The molecule has 2 heterocycles. The van der Waals surface area contributed by atoms with Crippen molar-refractivity contribution in [2.24, 2.45) is 34.5 Å². The summed E-state index contributed by atoms with van der Waals surface area (Å²) in [7, 11) is 7.69. The molecule has 102 valence electrons. The van der Waals surface area contributed by atoms with Gasteiger partial charge in [0.1, 0.15) is 0 Å². The predicted molar refractivity (Wildman–Crippen MR) is 71.7 cm³/mol. The van der Waals surface area contributed by atoms with Crippen molar-refractivity contribution in [1.82, 2.24) is 18.9 Å². The van der Waals surface area contributed by atoms with E-state index in [1.165, 1.54) is 6.34 Å². The van der Waals surface area contributed by atoms with E-state index in [1.807, 2.05) is 71.9 Å². The van der Waals surface area contributed by atoms with E-state index < -0.39 is 0 Å². The molecule has 2 rings (SSSR count). The summed E-state index contributed by atoms with van der Waals surface area (Å²) in [5, 5.41) is 16.0. The van der Waals surface area contributed by atoms with Gasteiger partial charge in [-0.25, -0.2) is 0 Å². The molecule has 1 aliphatic rings. The van der Waals surface area contributed by atoms with Crippen molar-refractivity contribution in [3.63, 3.8) is 0 Å². The van der Waals surface area contributed by atoms with Crippen LogP contribution in [0.1, 0.15) is 0 Å². The van der Waals surface area contributed by atoms with Crippen LogP contribution in [0.5, 0.6) is 0 Å². The third-order valence-corrected chi connectivity index (χ3v) is 2.83. The molecule has 0 saturated carbocycles. The van der Waals surface area contributed by atoms with Crippen molar-refractivity contribution >= 4 is 6.34 Å². The van der Waals surface area contributed by atoms with Crippen LogP contribution in [-0.4, -0.2) is 45.7 Å². The van der Waals surface area contributed by atoms with Crippen molar-refractivity contribution in [3.05, 3.63) is 30.4 Å². The summed E-state index contributed by atoms with van der Waals surface area (Å²) in [6.07, 6.45) is 8.92. The van der Waals surface area contributed by atoms with Gasteiger partial charge in [-0.05, 0) is 0 Å². The molecule has 0 atom stereocenters. The first kappa shape index (κ1) is 13.1. The number of imidazole rings is 1. The molecule has 8 nitrogen and oxygen atoms in total. The number of azo groups is 1. The summed E-state index contributed by atoms with van der Waals surface area (Å²) in [6, 6.07) is 0. The highest BCUT2D eigenvalue weighted by molar-refractivity contribution is 5.53. The van der Waals surface area contributed by atoms with Gasteiger partial charge in [-0.15, -0.1) is 20.4 Å². The summed E-state index contributed by atoms with van der Waals surface area (Å²) in [5.74, 6) is 0. The van der Waals surface area contributed by atoms with Crippen LogP contribution in [-0.2, 0) is 14.1 Å². The first-order valence-electron chi connectivity index (χ1n) is 5.85. The fourth-order valence-electron chi connectivity index (χ4n) is 1.73. The molecule has 19 heavy (non-hydrogen) atoms. The van der Waals surface area contributed by atoms with Gasteiger partial charge in [-0.3, -0.25) is 0 Å². The Morgan fingerprint density at radius 2 is 1.58 bits per heavy atom. The van der Waals surface area contributed by atoms with Crippen molar-refractivity contribution < 1.29 is 0 Å². The zero-order valence-electron chi connectivity index (χ0n) is 11.5. The van der Waals surface area contributed by atoms with Gasteiger partial charge in [0.05, 0.1) is 0 Å². The molecule has 0 spiro atoms. The van der Waals surface area contributed by atoms with Crippen molar-refractivity contribution in [2.75, 3.05) is 14.1 Å². The van der Waals surface area contributed by atoms with Crippen LogP contribution in [0.25, 0.3) is 0 Å². The Bertz CT molecular complexity index is 541. The summed E-state index contributed by atoms with van der Waals surface area (Å²) in [4.78, 5) is 3.90. The molecule has 1 aliphatic heterocycles. The minimum Gasteiger partial charge on any atom is -0.340 e. The monoisotopic (exact) mass is 262 g/mol. The minimum atomic E-state index is -0.113. The minimum absolute atomic E-state index is 0.113. The zero-order valence-corrected chi connectivity index (χ0v) is 11.5. The highest BCUT2D eigenvalue weighted by Crippen LogP contribution is 2.11. The number of hydrogen-bond acceptors (Lipinski definition) is 5. The third kappa shape index (κ3) is 2.90. The largest absolute Gasteiger partial charge is 0.340 e. The summed E-state index contributed by atoms with van der Waals surface area (Å²) >= 11 is 0. The first-order chi connectivity index (χ1) is 9.09. The average Bonchev–Trinajstić information content (AvgIpc) is 2.86. The van der Waals surface area contributed by atoms with Gasteiger partial charge >= 0.3 is 0 Å². The van der Waals surface area contributed by atoms with Gasteiger partial charge in [-0.1, -0.05) is 0 Å². The van der Waals surface area contributed by atoms with E-state index in [0.29, 0.717) is 0 Å². The lowest BCUT2D eigenvalue weighted by Crippen LogP contribution is -2.31. The quantitative estimate of drug-likeness (QED) is 0.340. The summed E-state index contributed by atoms with van der Waals surface area (Å²) in [5.41, 5.74) is 0.739. The molecule has 0 unspecified atom stereocenters. The highest BCUT2D eigenvalue weighted by atomic mass is 15.5. The molecule has 1 aromatic heterocycles. The van der Waals surface area contributed by atoms with E-state index in [1.54, 1.807) is 0 Å². The molecule has 0 radical (unpaired) electrons. The van der Waals surface area contributed by atoms with Gasteiger partial charge in [0.15, 0.2) is 6.34 Å². The normalized spacial score (nSPS) is 16.4. The SMILES string of the molecule is CN1C=CN(C)C1N=N/C=N/N=c1n(C)ccn1C. The van der Waals surface area contributed by atoms with Crippen LogP contribution in [0.15, 0.2) is 45.2 Å². The second kappa shape index (κ2) is 5.51. The number of hydrogen-bond donors (Lipinski definition) is 0. The standard InChI is InChI=1S/C11H18N8/c1-16-5-6-17(2)10(16)14-12-9-13-15-11-18(3)7-8-19(11)4/h5-10H,1-4H3/b13-9+,14-12?. The third-order valence-electron chi connectivity index (χ3n) is 2.83. The maximum Gasteiger partial charge on any atom is 0.229 e. The topological polar surface area (TPSA) is 65.8 Å². The van der Waals surface area contributed by atoms with Crippen molar-refractivity contribution in [1.29, 1.82) is 0 Å². The van der Waals surface area contributed by atoms with Gasteiger partial charge in [0.2, 0.25) is 11.9 Å². The Hall–Kier alpha value is -2.38. The molecule has 1 aromatic rings. The number of aromatic nitrogens is 2. The van der Waals surface area contributed by atoms with E-state index in [9.17, 15) is 0 Å². The fraction of sp³-hybridized carbons (Fsp3) is 0.455. The van der Waals surface area contributed by atoms with Crippen LogP contribution in [0, 0.1) is 0 Å². The van der Waals surface area contributed by atoms with Gasteiger partial charge in [-0.2, -0.15) is 0 Å². The maximum absolute atomic E-state index is 4.14. The Labute approximate surface area is 111 Å². The number of nitrogens with zero attached hydrogens (tertiary/aromatic N) is 8. The lowest BCUT2D eigenvalue weighted by molar-refractivity contribution is 0.207. The molecule has 8 heteroatoms. The number of rotatable bonds is 3. The van der Waals surface area contributed by atoms with Crippen LogP contribution in [0.4, 0.5) is 0 Å².